The Balaban J connectivity index is 4.25. The van der Waals surface area contributed by atoms with E-state index in [0.29, 0.717) is 19.3 Å². The highest BCUT2D eigenvalue weighted by Gasteiger charge is 2.19. The van der Waals surface area contributed by atoms with Gasteiger partial charge in [-0.15, -0.1) is 0 Å². The van der Waals surface area contributed by atoms with Crippen LogP contribution in [0, 0.1) is 0 Å². The van der Waals surface area contributed by atoms with Crippen molar-refractivity contribution in [2.75, 3.05) is 13.2 Å². The van der Waals surface area contributed by atoms with Crippen molar-refractivity contribution in [2.24, 2.45) is 0 Å². The topological polar surface area (TPSA) is 78.9 Å². The lowest BCUT2D eigenvalue weighted by atomic mass is 10.0. The molecule has 1 unspecified atom stereocenters. The van der Waals surface area contributed by atoms with Gasteiger partial charge in [-0.3, -0.25) is 14.4 Å². The fourth-order valence-electron chi connectivity index (χ4n) is 9.80. The predicted octanol–water partition coefficient (Wildman–Crippen LogP) is 23.4. The third-order valence-electron chi connectivity index (χ3n) is 14.9. The molecule has 0 heterocycles. The van der Waals surface area contributed by atoms with Crippen LogP contribution in [0.1, 0.15) is 342 Å². The molecule has 6 heteroatoms. The molecule has 79 heavy (non-hydrogen) atoms. The summed E-state index contributed by atoms with van der Waals surface area (Å²) in [4.78, 5) is 38.3. The first-order valence-corrected chi connectivity index (χ1v) is 34.1. The van der Waals surface area contributed by atoms with Gasteiger partial charge in [0.05, 0.1) is 0 Å². The highest BCUT2D eigenvalue weighted by Crippen LogP contribution is 2.17. The van der Waals surface area contributed by atoms with Crippen LogP contribution < -0.4 is 0 Å². The largest absolute Gasteiger partial charge is 0.462 e. The van der Waals surface area contributed by atoms with E-state index in [9.17, 15) is 14.4 Å². The third kappa shape index (κ3) is 65.3. The molecule has 0 saturated heterocycles. The van der Waals surface area contributed by atoms with Crippen molar-refractivity contribution >= 4 is 17.9 Å². The second-order valence-electron chi connectivity index (χ2n) is 22.7. The van der Waals surface area contributed by atoms with Crippen molar-refractivity contribution in [1.29, 1.82) is 0 Å². The zero-order valence-corrected chi connectivity index (χ0v) is 52.4. The number of allylic oxidation sites excluding steroid dienone is 14. The molecule has 0 aliphatic rings. The van der Waals surface area contributed by atoms with Crippen LogP contribution in [-0.2, 0) is 28.6 Å². The highest BCUT2D eigenvalue weighted by molar-refractivity contribution is 5.71. The summed E-state index contributed by atoms with van der Waals surface area (Å²) in [6, 6.07) is 0. The molecule has 456 valence electrons. The molecule has 0 bridgehead atoms. The van der Waals surface area contributed by atoms with Crippen molar-refractivity contribution in [3.05, 3.63) is 85.1 Å². The minimum atomic E-state index is -0.779. The maximum Gasteiger partial charge on any atom is 0.306 e. The fourth-order valence-corrected chi connectivity index (χ4v) is 9.80. The summed E-state index contributed by atoms with van der Waals surface area (Å²) in [6.45, 7) is 6.54. The van der Waals surface area contributed by atoms with Crippen LogP contribution in [0.5, 0.6) is 0 Å². The highest BCUT2D eigenvalue weighted by atomic mass is 16.6. The SMILES string of the molecule is CC/C=C\C/C=C\C/C=C\C/C=C\CCCCCCCCCCCCCCC(=O)OCC(COC(=O)CCCCCCCCCCCCC)OC(=O)CCCCCCCCCCCC/C=C\C/C=C\C/C=C\CCCCCCC. The smallest absolute Gasteiger partial charge is 0.306 e. The first kappa shape index (κ1) is 75.6. The Morgan fingerprint density at radius 2 is 0.494 bits per heavy atom. The first-order valence-electron chi connectivity index (χ1n) is 34.1. The van der Waals surface area contributed by atoms with E-state index >= 15 is 0 Å². The minimum Gasteiger partial charge on any atom is -0.462 e. The monoisotopic (exact) mass is 1100 g/mol. The zero-order chi connectivity index (χ0) is 57.1. The van der Waals surface area contributed by atoms with E-state index in [0.717, 1.165) is 96.3 Å². The van der Waals surface area contributed by atoms with E-state index in [4.69, 9.17) is 14.2 Å². The van der Waals surface area contributed by atoms with E-state index < -0.39 is 6.10 Å². The molecule has 1 atom stereocenters. The number of ether oxygens (including phenoxy) is 3. The summed E-state index contributed by atoms with van der Waals surface area (Å²) in [5.74, 6) is -0.866. The predicted molar refractivity (Wildman–Crippen MR) is 344 cm³/mol. The molecule has 0 spiro atoms. The van der Waals surface area contributed by atoms with E-state index in [1.165, 1.54) is 205 Å². The lowest BCUT2D eigenvalue weighted by molar-refractivity contribution is -0.167. The van der Waals surface area contributed by atoms with Crippen molar-refractivity contribution in [3.63, 3.8) is 0 Å². The third-order valence-corrected chi connectivity index (χ3v) is 14.9. The molecule has 0 radical (unpaired) electrons. The van der Waals surface area contributed by atoms with Gasteiger partial charge in [0.1, 0.15) is 13.2 Å². The second kappa shape index (κ2) is 67.1. The summed E-state index contributed by atoms with van der Waals surface area (Å²) in [7, 11) is 0. The molecule has 0 aliphatic heterocycles. The Labute approximate surface area is 490 Å². The molecule has 0 aromatic rings. The fraction of sp³-hybridized carbons (Fsp3) is 0.767. The lowest BCUT2D eigenvalue weighted by Crippen LogP contribution is -2.30. The Bertz CT molecular complexity index is 1500. The standard InChI is InChI=1S/C73H128O6/c1-4-7-10-13-16-19-22-24-26-28-30-32-34-36-38-40-42-44-46-48-51-54-57-60-63-66-72(75)78-69-70(68-77-71(74)65-62-59-56-53-50-21-18-15-12-9-6-3)79-73(76)67-64-61-58-55-52-49-47-45-43-41-39-37-35-33-31-29-27-25-23-20-17-14-11-8-5-2/h7,10,16,19,23-26,29-32,35,37,70H,4-6,8-9,11-15,17-18,20-22,27-28,33-34,36,38-69H2,1-3H3/b10-7-,19-16-,25-23-,26-24-,31-29-,32-30-,37-35-. The molecule has 0 rings (SSSR count). The van der Waals surface area contributed by atoms with Gasteiger partial charge in [-0.1, -0.05) is 311 Å². The molecule has 0 N–H and O–H groups in total. The quantitative estimate of drug-likeness (QED) is 0.0261. The van der Waals surface area contributed by atoms with Crippen LogP contribution in [0.25, 0.3) is 0 Å². The molecule has 0 amide bonds. The van der Waals surface area contributed by atoms with Crippen molar-refractivity contribution in [1.82, 2.24) is 0 Å². The maximum absolute atomic E-state index is 12.9. The van der Waals surface area contributed by atoms with E-state index in [-0.39, 0.29) is 31.1 Å². The summed E-state index contributed by atoms with van der Waals surface area (Å²) < 4.78 is 17.0. The second-order valence-corrected chi connectivity index (χ2v) is 22.7. The van der Waals surface area contributed by atoms with Crippen LogP contribution in [0.15, 0.2) is 85.1 Å². The van der Waals surface area contributed by atoms with Crippen LogP contribution in [0.4, 0.5) is 0 Å². The average molecular weight is 1100 g/mol. The number of esters is 3. The minimum absolute atomic E-state index is 0.0749. The van der Waals surface area contributed by atoms with Gasteiger partial charge in [0.15, 0.2) is 6.10 Å². The van der Waals surface area contributed by atoms with Gasteiger partial charge >= 0.3 is 17.9 Å². The van der Waals surface area contributed by atoms with Gasteiger partial charge < -0.3 is 14.2 Å². The summed E-state index contributed by atoms with van der Waals surface area (Å²) >= 11 is 0. The van der Waals surface area contributed by atoms with Gasteiger partial charge in [0.2, 0.25) is 0 Å². The molecule has 0 saturated carbocycles. The van der Waals surface area contributed by atoms with Crippen molar-refractivity contribution in [2.45, 2.75) is 348 Å². The van der Waals surface area contributed by atoms with E-state index in [1.54, 1.807) is 0 Å². The number of carbonyl (C=O) groups excluding carboxylic acids is 3. The molecular formula is C73H128O6. The summed E-state index contributed by atoms with van der Waals surface area (Å²) in [6.07, 6.45) is 88.9. The number of hydrogen-bond donors (Lipinski definition) is 0. The van der Waals surface area contributed by atoms with Gasteiger partial charge in [0.25, 0.3) is 0 Å². The van der Waals surface area contributed by atoms with Gasteiger partial charge in [-0.2, -0.15) is 0 Å². The maximum atomic E-state index is 12.9. The average Bonchev–Trinajstić information content (AvgIpc) is 3.45. The number of carbonyl (C=O) groups is 3. The van der Waals surface area contributed by atoms with Gasteiger partial charge in [-0.25, -0.2) is 0 Å². The molecule has 0 aromatic heterocycles. The summed E-state index contributed by atoms with van der Waals surface area (Å²) in [5.41, 5.74) is 0. The molecular weight excluding hydrogens is 973 g/mol. The van der Waals surface area contributed by atoms with Gasteiger partial charge in [-0.05, 0) is 96.3 Å². The Morgan fingerprint density at radius 3 is 0.772 bits per heavy atom. The van der Waals surface area contributed by atoms with Crippen LogP contribution in [-0.4, -0.2) is 37.2 Å². The summed E-state index contributed by atoms with van der Waals surface area (Å²) in [5, 5.41) is 0. The van der Waals surface area contributed by atoms with Crippen LogP contribution >= 0.6 is 0 Å². The number of rotatable bonds is 62. The van der Waals surface area contributed by atoms with Crippen molar-refractivity contribution in [3.8, 4) is 0 Å². The van der Waals surface area contributed by atoms with Crippen LogP contribution in [0.2, 0.25) is 0 Å². The first-order chi connectivity index (χ1) is 39.0. The molecule has 0 aromatic carbocycles. The number of unbranched alkanes of at least 4 members (excludes halogenated alkanes) is 37. The normalized spacial score (nSPS) is 12.6. The Kier molecular flexibility index (Phi) is 64.2. The lowest BCUT2D eigenvalue weighted by Gasteiger charge is -2.18. The molecule has 6 nitrogen and oxygen atoms in total. The van der Waals surface area contributed by atoms with E-state index in [2.05, 4.69) is 106 Å². The Hall–Kier alpha value is -3.41. The Morgan fingerprint density at radius 1 is 0.266 bits per heavy atom. The molecule has 0 fully saturated rings. The van der Waals surface area contributed by atoms with Gasteiger partial charge in [0, 0.05) is 19.3 Å². The zero-order valence-electron chi connectivity index (χ0n) is 52.4. The van der Waals surface area contributed by atoms with Crippen molar-refractivity contribution < 1.29 is 28.6 Å². The molecule has 0 aliphatic carbocycles. The van der Waals surface area contributed by atoms with E-state index in [1.807, 2.05) is 0 Å². The van der Waals surface area contributed by atoms with Crippen LogP contribution in [0.3, 0.4) is 0 Å². The number of hydrogen-bond acceptors (Lipinski definition) is 6.